The van der Waals surface area contributed by atoms with Gasteiger partial charge in [-0.05, 0) is 81.5 Å². The molecule has 5 nitrogen and oxygen atoms in total. The first kappa shape index (κ1) is 16.3. The topological polar surface area (TPSA) is 75.3 Å². The smallest absolute Gasteiger partial charge is 0.307 e. The van der Waals surface area contributed by atoms with Crippen molar-refractivity contribution in [3.8, 4) is 0 Å². The maximum Gasteiger partial charge on any atom is 0.332 e. The van der Waals surface area contributed by atoms with Gasteiger partial charge in [0.15, 0.2) is 0 Å². The minimum absolute atomic E-state index is 0.658. The number of aryl methyl sites for hydroxylation is 2. The van der Waals surface area contributed by atoms with Crippen molar-refractivity contribution < 1.29 is 13.2 Å². The third-order valence-corrected chi connectivity index (χ3v) is 6.81. The van der Waals surface area contributed by atoms with E-state index in [1.807, 2.05) is 0 Å². The zero-order chi connectivity index (χ0) is 16.8. The molecule has 2 aliphatic carbocycles. The molecular formula is C17H24N2O3S. The molecule has 0 unspecified atom stereocenters. The lowest BCUT2D eigenvalue weighted by Crippen LogP contribution is -2.44. The monoisotopic (exact) mass is 336 g/mol. The highest BCUT2D eigenvalue weighted by molar-refractivity contribution is 7.91. The first-order valence-electron chi connectivity index (χ1n) is 8.19. The van der Waals surface area contributed by atoms with Crippen LogP contribution < -0.4 is 10.0 Å². The molecule has 0 fully saturated rings. The van der Waals surface area contributed by atoms with Gasteiger partial charge in [0.1, 0.15) is 0 Å². The van der Waals surface area contributed by atoms with Crippen molar-refractivity contribution in [3.63, 3.8) is 0 Å². The fraction of sp³-hybridized carbons (Fsp3) is 0.588. The Hall–Kier alpha value is -1.56. The molecule has 0 atom stereocenters. The number of anilines is 1. The number of amides is 2. The second kappa shape index (κ2) is 5.51. The molecule has 0 bridgehead atoms. The molecule has 126 valence electrons. The Morgan fingerprint density at radius 2 is 1.52 bits per heavy atom. The number of nitrogens with one attached hydrogen (secondary N) is 2. The fourth-order valence-corrected chi connectivity index (χ4v) is 3.98. The molecule has 1 aromatic carbocycles. The maximum atomic E-state index is 12.3. The summed E-state index contributed by atoms with van der Waals surface area (Å²) in [4.78, 5) is 12.3. The number of rotatable bonds is 2. The lowest BCUT2D eigenvalue weighted by Gasteiger charge is -2.21. The van der Waals surface area contributed by atoms with Gasteiger partial charge >= 0.3 is 6.03 Å². The molecule has 0 spiro atoms. The molecule has 0 saturated carbocycles. The Balaban J connectivity index is 1.88. The largest absolute Gasteiger partial charge is 0.332 e. The summed E-state index contributed by atoms with van der Waals surface area (Å²) < 4.78 is 25.4. The van der Waals surface area contributed by atoms with Crippen LogP contribution in [0.2, 0.25) is 0 Å². The van der Waals surface area contributed by atoms with Crippen LogP contribution in [0.5, 0.6) is 0 Å². The van der Waals surface area contributed by atoms with Crippen molar-refractivity contribution in [3.05, 3.63) is 28.3 Å². The number of carbonyl (C=O) groups is 1. The van der Waals surface area contributed by atoms with E-state index in [0.29, 0.717) is 0 Å². The third kappa shape index (κ3) is 2.96. The molecule has 23 heavy (non-hydrogen) atoms. The van der Waals surface area contributed by atoms with Gasteiger partial charge in [-0.25, -0.2) is 17.9 Å². The van der Waals surface area contributed by atoms with Gasteiger partial charge < -0.3 is 5.32 Å². The van der Waals surface area contributed by atoms with E-state index >= 15 is 0 Å². The maximum absolute atomic E-state index is 12.3. The van der Waals surface area contributed by atoms with Gasteiger partial charge in [-0.2, -0.15) is 0 Å². The molecule has 1 aromatic rings. The van der Waals surface area contributed by atoms with Gasteiger partial charge in [0.2, 0.25) is 10.0 Å². The molecule has 3 rings (SSSR count). The van der Waals surface area contributed by atoms with E-state index in [1.54, 1.807) is 20.8 Å². The van der Waals surface area contributed by atoms with E-state index in [-0.39, 0.29) is 0 Å². The van der Waals surface area contributed by atoms with Crippen LogP contribution in [0.1, 0.15) is 55.9 Å². The molecule has 6 heteroatoms. The Labute approximate surface area is 137 Å². The average molecular weight is 336 g/mol. The van der Waals surface area contributed by atoms with Crippen LogP contribution in [0.4, 0.5) is 10.5 Å². The van der Waals surface area contributed by atoms with E-state index in [1.165, 1.54) is 22.3 Å². The van der Waals surface area contributed by atoms with Gasteiger partial charge in [-0.15, -0.1) is 0 Å². The lowest BCUT2D eigenvalue weighted by molar-refractivity contribution is 0.256. The van der Waals surface area contributed by atoms with Gasteiger partial charge in [0, 0.05) is 5.69 Å². The second-order valence-corrected chi connectivity index (χ2v) is 9.84. The number of benzene rings is 1. The molecule has 2 aliphatic rings. The highest BCUT2D eigenvalue weighted by Gasteiger charge is 2.32. The van der Waals surface area contributed by atoms with Crippen LogP contribution in [-0.2, 0) is 35.7 Å². The van der Waals surface area contributed by atoms with Crippen LogP contribution >= 0.6 is 0 Å². The SMILES string of the molecule is CC(C)(C)S(=O)(=O)NC(=O)Nc1c2c(cc3c1CCC3)CCC2. The Morgan fingerprint density at radius 3 is 2.00 bits per heavy atom. The van der Waals surface area contributed by atoms with Crippen molar-refractivity contribution in [2.45, 2.75) is 64.0 Å². The average Bonchev–Trinajstić information content (AvgIpc) is 3.04. The summed E-state index contributed by atoms with van der Waals surface area (Å²) in [5.74, 6) is 0. The molecule has 0 heterocycles. The van der Waals surface area contributed by atoms with Crippen molar-refractivity contribution >= 4 is 21.7 Å². The standard InChI is InChI=1S/C17H24N2O3S/c1-17(2,3)23(21,22)19-16(20)18-15-13-8-4-6-11(13)10-12-7-5-9-14(12)15/h10H,4-9H2,1-3H3,(H2,18,19,20). The van der Waals surface area contributed by atoms with Crippen LogP contribution in [0.15, 0.2) is 6.07 Å². The number of urea groups is 1. The molecule has 0 aromatic heterocycles. The molecule has 2 amide bonds. The highest BCUT2D eigenvalue weighted by Crippen LogP contribution is 2.38. The van der Waals surface area contributed by atoms with Crippen LogP contribution in [0, 0.1) is 0 Å². The van der Waals surface area contributed by atoms with Gasteiger partial charge in [-0.1, -0.05) is 6.07 Å². The number of carbonyl (C=O) groups excluding carboxylic acids is 1. The zero-order valence-electron chi connectivity index (χ0n) is 14.0. The zero-order valence-corrected chi connectivity index (χ0v) is 14.8. The summed E-state index contributed by atoms with van der Waals surface area (Å²) in [5, 5.41) is 2.84. The third-order valence-electron chi connectivity index (χ3n) is 4.74. The fourth-order valence-electron chi connectivity index (χ4n) is 3.38. The minimum Gasteiger partial charge on any atom is -0.307 e. The number of hydrogen-bond acceptors (Lipinski definition) is 3. The van der Waals surface area contributed by atoms with E-state index in [0.717, 1.165) is 44.2 Å². The van der Waals surface area contributed by atoms with Crippen LogP contribution in [-0.4, -0.2) is 19.2 Å². The normalized spacial score (nSPS) is 16.8. The predicted octanol–water partition coefficient (Wildman–Crippen LogP) is 2.91. The predicted molar refractivity (Wildman–Crippen MR) is 91.3 cm³/mol. The summed E-state index contributed by atoms with van der Waals surface area (Å²) in [7, 11) is -3.71. The summed E-state index contributed by atoms with van der Waals surface area (Å²) in [6, 6.07) is 1.62. The van der Waals surface area contributed by atoms with E-state index in [4.69, 9.17) is 0 Å². The van der Waals surface area contributed by atoms with E-state index in [2.05, 4.69) is 16.1 Å². The lowest BCUT2D eigenvalue weighted by atomic mass is 9.99. The second-order valence-electron chi connectivity index (χ2n) is 7.41. The van der Waals surface area contributed by atoms with Gasteiger partial charge in [-0.3, -0.25) is 0 Å². The van der Waals surface area contributed by atoms with E-state index < -0.39 is 20.8 Å². The van der Waals surface area contributed by atoms with Crippen molar-refractivity contribution in [1.29, 1.82) is 0 Å². The first-order valence-corrected chi connectivity index (χ1v) is 9.67. The van der Waals surface area contributed by atoms with Crippen molar-refractivity contribution in [2.24, 2.45) is 0 Å². The number of hydrogen-bond donors (Lipinski definition) is 2. The van der Waals surface area contributed by atoms with Crippen LogP contribution in [0.25, 0.3) is 0 Å². The summed E-state index contributed by atoms with van der Waals surface area (Å²) in [6.45, 7) is 4.71. The first-order chi connectivity index (χ1) is 10.7. The van der Waals surface area contributed by atoms with Gasteiger partial charge in [0.05, 0.1) is 4.75 Å². The molecule has 2 N–H and O–H groups in total. The highest BCUT2D eigenvalue weighted by atomic mass is 32.2. The number of fused-ring (bicyclic) bond motifs is 2. The molecule has 0 saturated heterocycles. The van der Waals surface area contributed by atoms with Gasteiger partial charge in [0.25, 0.3) is 0 Å². The quantitative estimate of drug-likeness (QED) is 0.872. The summed E-state index contributed by atoms with van der Waals surface area (Å²) in [5.41, 5.74) is 5.84. The van der Waals surface area contributed by atoms with Crippen molar-refractivity contribution in [2.75, 3.05) is 5.32 Å². The molecule has 0 radical (unpaired) electrons. The number of sulfonamides is 1. The summed E-state index contributed by atoms with van der Waals surface area (Å²) >= 11 is 0. The van der Waals surface area contributed by atoms with Crippen molar-refractivity contribution in [1.82, 2.24) is 4.72 Å². The Bertz CT molecular complexity index is 729. The Kier molecular flexibility index (Phi) is 3.91. The minimum atomic E-state index is -3.71. The molecule has 0 aliphatic heterocycles. The summed E-state index contributed by atoms with van der Waals surface area (Å²) in [6.07, 6.45) is 6.16. The van der Waals surface area contributed by atoms with Crippen LogP contribution in [0.3, 0.4) is 0 Å². The Morgan fingerprint density at radius 1 is 1.00 bits per heavy atom. The van der Waals surface area contributed by atoms with E-state index in [9.17, 15) is 13.2 Å². The molecular weight excluding hydrogens is 312 g/mol.